The van der Waals surface area contributed by atoms with Gasteiger partial charge in [0.25, 0.3) is 11.6 Å². The van der Waals surface area contributed by atoms with Crippen molar-refractivity contribution < 1.29 is 14.5 Å². The number of carbonyl (C=O) groups is 1. The number of rotatable bonds is 3. The number of amides is 1. The van der Waals surface area contributed by atoms with Crippen LogP contribution in [0.1, 0.15) is 29.3 Å². The fourth-order valence-corrected chi connectivity index (χ4v) is 2.33. The Labute approximate surface area is 117 Å². The standard InChI is InChI=1S/C14H18N2O4/c1-3-12-9-15(6-7-20-12)14(17)11-4-5-13(16(18)19)10(2)8-11/h4-5,8,12H,3,6-7,9H2,1-2H3/t12-/m0/s1. The second-order valence-corrected chi connectivity index (χ2v) is 4.91. The molecule has 0 radical (unpaired) electrons. The smallest absolute Gasteiger partial charge is 0.272 e. The van der Waals surface area contributed by atoms with E-state index in [1.807, 2.05) is 6.92 Å². The van der Waals surface area contributed by atoms with E-state index in [-0.39, 0.29) is 17.7 Å². The lowest BCUT2D eigenvalue weighted by atomic mass is 10.1. The molecule has 1 aromatic carbocycles. The van der Waals surface area contributed by atoms with Crippen LogP contribution in [0.25, 0.3) is 0 Å². The van der Waals surface area contributed by atoms with Gasteiger partial charge in [-0.3, -0.25) is 14.9 Å². The van der Waals surface area contributed by atoms with Crippen molar-refractivity contribution in [1.29, 1.82) is 0 Å². The minimum Gasteiger partial charge on any atom is -0.375 e. The molecule has 0 bridgehead atoms. The average Bonchev–Trinajstić information content (AvgIpc) is 2.46. The highest BCUT2D eigenvalue weighted by Crippen LogP contribution is 2.20. The number of nitro groups is 1. The van der Waals surface area contributed by atoms with E-state index in [0.717, 1.165) is 6.42 Å². The van der Waals surface area contributed by atoms with E-state index in [9.17, 15) is 14.9 Å². The average molecular weight is 278 g/mol. The van der Waals surface area contributed by atoms with Crippen LogP contribution in [0.4, 0.5) is 5.69 Å². The van der Waals surface area contributed by atoms with E-state index >= 15 is 0 Å². The summed E-state index contributed by atoms with van der Waals surface area (Å²) in [6.07, 6.45) is 0.940. The zero-order valence-corrected chi connectivity index (χ0v) is 11.7. The molecule has 1 saturated heterocycles. The molecule has 1 heterocycles. The van der Waals surface area contributed by atoms with Gasteiger partial charge in [0.05, 0.1) is 17.6 Å². The van der Waals surface area contributed by atoms with Gasteiger partial charge in [0.1, 0.15) is 0 Å². The Hall–Kier alpha value is -1.95. The number of morpholine rings is 1. The number of nitrogens with zero attached hydrogens (tertiary/aromatic N) is 2. The van der Waals surface area contributed by atoms with Crippen molar-refractivity contribution in [3.63, 3.8) is 0 Å². The molecule has 1 atom stereocenters. The molecule has 6 heteroatoms. The summed E-state index contributed by atoms with van der Waals surface area (Å²) in [6, 6.07) is 4.49. The van der Waals surface area contributed by atoms with Crippen molar-refractivity contribution in [3.8, 4) is 0 Å². The van der Waals surface area contributed by atoms with Crippen LogP contribution < -0.4 is 0 Å². The summed E-state index contributed by atoms with van der Waals surface area (Å²) in [4.78, 5) is 24.5. The van der Waals surface area contributed by atoms with Gasteiger partial charge in [-0.25, -0.2) is 0 Å². The van der Waals surface area contributed by atoms with Crippen LogP contribution in [0.15, 0.2) is 18.2 Å². The fourth-order valence-electron chi connectivity index (χ4n) is 2.33. The van der Waals surface area contributed by atoms with Crippen LogP contribution in [0.5, 0.6) is 0 Å². The number of hydrogen-bond acceptors (Lipinski definition) is 4. The Balaban J connectivity index is 2.17. The zero-order chi connectivity index (χ0) is 14.7. The quantitative estimate of drug-likeness (QED) is 0.627. The monoisotopic (exact) mass is 278 g/mol. The molecule has 20 heavy (non-hydrogen) atoms. The summed E-state index contributed by atoms with van der Waals surface area (Å²) in [5.74, 6) is -0.0928. The molecule has 0 unspecified atom stereocenters. The summed E-state index contributed by atoms with van der Waals surface area (Å²) in [7, 11) is 0. The Morgan fingerprint density at radius 2 is 2.30 bits per heavy atom. The molecule has 1 aliphatic heterocycles. The maximum atomic E-state index is 12.4. The van der Waals surface area contributed by atoms with Crippen LogP contribution in [-0.2, 0) is 4.74 Å². The summed E-state index contributed by atoms with van der Waals surface area (Å²) in [6.45, 7) is 5.34. The van der Waals surface area contributed by atoms with Crippen LogP contribution in [0, 0.1) is 17.0 Å². The maximum Gasteiger partial charge on any atom is 0.272 e. The lowest BCUT2D eigenvalue weighted by Gasteiger charge is -2.32. The lowest BCUT2D eigenvalue weighted by molar-refractivity contribution is -0.385. The highest BCUT2D eigenvalue weighted by atomic mass is 16.6. The van der Waals surface area contributed by atoms with Gasteiger partial charge in [0, 0.05) is 30.3 Å². The van der Waals surface area contributed by atoms with E-state index in [0.29, 0.717) is 30.8 Å². The normalized spacial score (nSPS) is 18.9. The van der Waals surface area contributed by atoms with Crippen molar-refractivity contribution in [3.05, 3.63) is 39.4 Å². The highest BCUT2D eigenvalue weighted by molar-refractivity contribution is 5.94. The van der Waals surface area contributed by atoms with E-state index < -0.39 is 4.92 Å². The second kappa shape index (κ2) is 6.00. The van der Waals surface area contributed by atoms with Crippen molar-refractivity contribution in [1.82, 2.24) is 4.90 Å². The van der Waals surface area contributed by atoms with Gasteiger partial charge < -0.3 is 9.64 Å². The fraction of sp³-hybridized carbons (Fsp3) is 0.500. The molecule has 0 aliphatic carbocycles. The molecule has 1 aromatic rings. The number of nitro benzene ring substituents is 1. The van der Waals surface area contributed by atoms with Crippen LogP contribution in [-0.4, -0.2) is 41.5 Å². The second-order valence-electron chi connectivity index (χ2n) is 4.91. The van der Waals surface area contributed by atoms with Crippen molar-refractivity contribution in [2.75, 3.05) is 19.7 Å². The first-order valence-corrected chi connectivity index (χ1v) is 6.68. The minimum atomic E-state index is -0.439. The Morgan fingerprint density at radius 1 is 1.55 bits per heavy atom. The van der Waals surface area contributed by atoms with Crippen LogP contribution in [0.2, 0.25) is 0 Å². The number of benzene rings is 1. The summed E-state index contributed by atoms with van der Waals surface area (Å²) in [5.41, 5.74) is 1.03. The SMILES string of the molecule is CC[C@H]1CN(C(=O)c2ccc([N+](=O)[O-])c(C)c2)CCO1. The van der Waals surface area contributed by atoms with Crippen LogP contribution in [0.3, 0.4) is 0 Å². The van der Waals surface area contributed by atoms with Crippen molar-refractivity contribution in [2.24, 2.45) is 0 Å². The molecular weight excluding hydrogens is 260 g/mol. The highest BCUT2D eigenvalue weighted by Gasteiger charge is 2.24. The van der Waals surface area contributed by atoms with Crippen molar-refractivity contribution >= 4 is 11.6 Å². The van der Waals surface area contributed by atoms with Gasteiger partial charge in [0.15, 0.2) is 0 Å². The molecule has 2 rings (SSSR count). The third-order valence-corrected chi connectivity index (χ3v) is 3.52. The molecule has 1 aliphatic rings. The van der Waals surface area contributed by atoms with Gasteiger partial charge >= 0.3 is 0 Å². The molecule has 0 spiro atoms. The molecule has 6 nitrogen and oxygen atoms in total. The molecule has 0 aromatic heterocycles. The van der Waals surface area contributed by atoms with Gasteiger partial charge in [-0.1, -0.05) is 6.92 Å². The number of hydrogen-bond donors (Lipinski definition) is 0. The Morgan fingerprint density at radius 3 is 2.90 bits per heavy atom. The third kappa shape index (κ3) is 2.96. The van der Waals surface area contributed by atoms with Gasteiger partial charge in [-0.05, 0) is 25.5 Å². The summed E-state index contributed by atoms with van der Waals surface area (Å²) < 4.78 is 5.53. The molecular formula is C14H18N2O4. The Kier molecular flexibility index (Phi) is 4.34. The van der Waals surface area contributed by atoms with E-state index in [4.69, 9.17) is 4.74 Å². The van der Waals surface area contributed by atoms with Crippen LogP contribution >= 0.6 is 0 Å². The van der Waals surface area contributed by atoms with Gasteiger partial charge in [-0.2, -0.15) is 0 Å². The molecule has 1 fully saturated rings. The van der Waals surface area contributed by atoms with Gasteiger partial charge in [-0.15, -0.1) is 0 Å². The largest absolute Gasteiger partial charge is 0.375 e. The molecule has 0 N–H and O–H groups in total. The zero-order valence-electron chi connectivity index (χ0n) is 11.7. The van der Waals surface area contributed by atoms with E-state index in [1.165, 1.54) is 12.1 Å². The summed E-state index contributed by atoms with van der Waals surface area (Å²) in [5, 5.41) is 10.8. The summed E-state index contributed by atoms with van der Waals surface area (Å²) >= 11 is 0. The van der Waals surface area contributed by atoms with E-state index in [1.54, 1.807) is 17.9 Å². The maximum absolute atomic E-state index is 12.4. The molecule has 0 saturated carbocycles. The molecule has 108 valence electrons. The predicted molar refractivity (Wildman–Crippen MR) is 73.8 cm³/mol. The lowest BCUT2D eigenvalue weighted by Crippen LogP contribution is -2.45. The molecule has 1 amide bonds. The van der Waals surface area contributed by atoms with Crippen molar-refractivity contribution in [2.45, 2.75) is 26.4 Å². The van der Waals surface area contributed by atoms with Gasteiger partial charge in [0.2, 0.25) is 0 Å². The Bertz CT molecular complexity index is 530. The first-order chi connectivity index (χ1) is 9.52. The third-order valence-electron chi connectivity index (χ3n) is 3.52. The first-order valence-electron chi connectivity index (χ1n) is 6.68. The van der Waals surface area contributed by atoms with E-state index in [2.05, 4.69) is 0 Å². The number of ether oxygens (including phenoxy) is 1. The first kappa shape index (κ1) is 14.5. The minimum absolute atomic E-state index is 0.0370. The predicted octanol–water partition coefficient (Wildman–Crippen LogP) is 2.15. The topological polar surface area (TPSA) is 72.7 Å². The number of carbonyl (C=O) groups excluding carboxylic acids is 1. The number of aryl methyl sites for hydroxylation is 1.